The van der Waals surface area contributed by atoms with Gasteiger partial charge in [0.25, 0.3) is 0 Å². The maximum atomic E-state index is 5.61. The molecule has 0 fully saturated rings. The monoisotopic (exact) mass is 305 g/mol. The predicted molar refractivity (Wildman–Crippen MR) is 88.5 cm³/mol. The number of thiophene rings is 1. The molecule has 0 aliphatic heterocycles. The van der Waals surface area contributed by atoms with E-state index in [4.69, 9.17) is 9.47 Å². The largest absolute Gasteiger partial charge is 0.493 e. The summed E-state index contributed by atoms with van der Waals surface area (Å²) in [7, 11) is 1.67. The summed E-state index contributed by atoms with van der Waals surface area (Å²) < 4.78 is 10.9. The topological polar surface area (TPSA) is 30.5 Å². The molecule has 0 saturated carbocycles. The normalized spacial score (nSPS) is 12.1. The number of nitrogens with one attached hydrogen (secondary N) is 1. The Kier molecular flexibility index (Phi) is 6.08. The van der Waals surface area contributed by atoms with E-state index in [0.29, 0.717) is 12.6 Å². The third-order valence-corrected chi connectivity index (χ3v) is 4.04. The molecular formula is C17H23NO2S. The number of hydrogen-bond acceptors (Lipinski definition) is 4. The van der Waals surface area contributed by atoms with Gasteiger partial charge in [-0.05, 0) is 60.4 Å². The van der Waals surface area contributed by atoms with Crippen LogP contribution in [0.1, 0.15) is 25.0 Å². The Morgan fingerprint density at radius 2 is 2.05 bits per heavy atom. The van der Waals surface area contributed by atoms with Crippen molar-refractivity contribution in [2.45, 2.75) is 32.9 Å². The van der Waals surface area contributed by atoms with E-state index in [-0.39, 0.29) is 0 Å². The fraction of sp³-hybridized carbons (Fsp3) is 0.412. The average molecular weight is 305 g/mol. The first-order chi connectivity index (χ1) is 10.2. The number of ether oxygens (including phenoxy) is 2. The first-order valence-corrected chi connectivity index (χ1v) is 8.21. The molecule has 3 nitrogen and oxygen atoms in total. The zero-order chi connectivity index (χ0) is 15.1. The van der Waals surface area contributed by atoms with E-state index in [0.717, 1.165) is 24.5 Å². The second kappa shape index (κ2) is 8.05. The van der Waals surface area contributed by atoms with Crippen molar-refractivity contribution in [3.05, 3.63) is 46.2 Å². The van der Waals surface area contributed by atoms with Gasteiger partial charge in [0.15, 0.2) is 11.5 Å². The molecule has 0 aliphatic rings. The average Bonchev–Trinajstić information content (AvgIpc) is 2.98. The minimum absolute atomic E-state index is 0.442. The van der Waals surface area contributed by atoms with Crippen molar-refractivity contribution in [3.8, 4) is 11.5 Å². The summed E-state index contributed by atoms with van der Waals surface area (Å²) >= 11 is 1.75. The Morgan fingerprint density at radius 1 is 1.19 bits per heavy atom. The fourth-order valence-electron chi connectivity index (χ4n) is 2.23. The van der Waals surface area contributed by atoms with Crippen LogP contribution in [0.3, 0.4) is 0 Å². The van der Waals surface area contributed by atoms with Crippen LogP contribution in [0.15, 0.2) is 35.0 Å². The molecule has 2 rings (SSSR count). The minimum Gasteiger partial charge on any atom is -0.493 e. The number of rotatable bonds is 8. The number of methoxy groups -OCH3 is 1. The van der Waals surface area contributed by atoms with E-state index in [9.17, 15) is 0 Å². The Bertz CT molecular complexity index is 540. The van der Waals surface area contributed by atoms with Crippen LogP contribution in [0.4, 0.5) is 0 Å². The molecule has 1 aromatic heterocycles. The molecule has 1 heterocycles. The molecule has 2 aromatic rings. The molecule has 0 radical (unpaired) electrons. The first kappa shape index (κ1) is 15.9. The third-order valence-electron chi connectivity index (χ3n) is 3.30. The Hall–Kier alpha value is -1.52. The smallest absolute Gasteiger partial charge is 0.161 e. The predicted octanol–water partition coefficient (Wildman–Crippen LogP) is 3.88. The number of benzene rings is 1. The van der Waals surface area contributed by atoms with Crippen LogP contribution < -0.4 is 14.8 Å². The van der Waals surface area contributed by atoms with Crippen molar-refractivity contribution < 1.29 is 9.47 Å². The van der Waals surface area contributed by atoms with Crippen LogP contribution in [0.25, 0.3) is 0 Å². The van der Waals surface area contributed by atoms with Crippen molar-refractivity contribution >= 4 is 11.3 Å². The highest BCUT2D eigenvalue weighted by atomic mass is 32.1. The van der Waals surface area contributed by atoms with Crippen LogP contribution in [0.2, 0.25) is 0 Å². The van der Waals surface area contributed by atoms with Crippen LogP contribution in [0, 0.1) is 0 Å². The first-order valence-electron chi connectivity index (χ1n) is 7.27. The molecule has 21 heavy (non-hydrogen) atoms. The van der Waals surface area contributed by atoms with Gasteiger partial charge in [-0.1, -0.05) is 6.07 Å². The minimum atomic E-state index is 0.442. The molecule has 0 saturated heterocycles. The van der Waals surface area contributed by atoms with E-state index in [1.165, 1.54) is 11.1 Å². The SMILES string of the molecule is CCOc1cc(CNC(C)Cc2ccsc2)ccc1OC. The van der Waals surface area contributed by atoms with E-state index < -0.39 is 0 Å². The molecule has 4 heteroatoms. The molecule has 0 amide bonds. The second-order valence-corrected chi connectivity index (χ2v) is 5.82. The summed E-state index contributed by atoms with van der Waals surface area (Å²) in [4.78, 5) is 0. The molecule has 0 aliphatic carbocycles. The quantitative estimate of drug-likeness (QED) is 0.803. The van der Waals surface area contributed by atoms with Gasteiger partial charge in [-0.25, -0.2) is 0 Å². The second-order valence-electron chi connectivity index (χ2n) is 5.04. The molecule has 0 bridgehead atoms. The lowest BCUT2D eigenvalue weighted by molar-refractivity contribution is 0.310. The summed E-state index contributed by atoms with van der Waals surface area (Å²) in [5, 5.41) is 7.88. The molecule has 1 N–H and O–H groups in total. The lowest BCUT2D eigenvalue weighted by atomic mass is 10.1. The Morgan fingerprint density at radius 3 is 2.71 bits per heavy atom. The highest BCUT2D eigenvalue weighted by Crippen LogP contribution is 2.28. The Balaban J connectivity index is 1.91. The van der Waals surface area contributed by atoms with Crippen molar-refractivity contribution in [1.82, 2.24) is 5.32 Å². The van der Waals surface area contributed by atoms with Crippen LogP contribution in [-0.4, -0.2) is 19.8 Å². The van der Waals surface area contributed by atoms with Gasteiger partial charge in [-0.15, -0.1) is 0 Å². The van der Waals surface area contributed by atoms with E-state index >= 15 is 0 Å². The van der Waals surface area contributed by atoms with E-state index in [1.807, 2.05) is 19.1 Å². The summed E-state index contributed by atoms with van der Waals surface area (Å²) in [5.74, 6) is 1.59. The van der Waals surface area contributed by atoms with Crippen LogP contribution in [-0.2, 0) is 13.0 Å². The summed E-state index contributed by atoms with van der Waals surface area (Å²) in [6, 6.07) is 8.71. The molecule has 114 valence electrons. The highest BCUT2D eigenvalue weighted by Gasteiger charge is 2.07. The molecular weight excluding hydrogens is 282 g/mol. The van der Waals surface area contributed by atoms with Gasteiger partial charge in [0.05, 0.1) is 13.7 Å². The summed E-state index contributed by atoms with van der Waals surface area (Å²) in [6.45, 7) is 5.66. The maximum absolute atomic E-state index is 5.61. The van der Waals surface area contributed by atoms with Crippen molar-refractivity contribution in [2.75, 3.05) is 13.7 Å². The fourth-order valence-corrected chi connectivity index (χ4v) is 2.91. The van der Waals surface area contributed by atoms with Crippen molar-refractivity contribution in [2.24, 2.45) is 0 Å². The Labute approximate surface area is 130 Å². The lowest BCUT2D eigenvalue weighted by Crippen LogP contribution is -2.27. The van der Waals surface area contributed by atoms with Crippen LogP contribution in [0.5, 0.6) is 11.5 Å². The zero-order valence-electron chi connectivity index (χ0n) is 12.9. The molecule has 1 atom stereocenters. The van der Waals surface area contributed by atoms with E-state index in [2.05, 4.69) is 35.1 Å². The molecule has 1 unspecified atom stereocenters. The summed E-state index contributed by atoms with van der Waals surface area (Å²) in [5.41, 5.74) is 2.60. The van der Waals surface area contributed by atoms with Gasteiger partial charge in [-0.2, -0.15) is 11.3 Å². The summed E-state index contributed by atoms with van der Waals surface area (Å²) in [6.07, 6.45) is 1.05. The highest BCUT2D eigenvalue weighted by molar-refractivity contribution is 7.07. The van der Waals surface area contributed by atoms with E-state index in [1.54, 1.807) is 18.4 Å². The van der Waals surface area contributed by atoms with Gasteiger partial charge >= 0.3 is 0 Å². The van der Waals surface area contributed by atoms with Gasteiger partial charge in [0, 0.05) is 12.6 Å². The van der Waals surface area contributed by atoms with Crippen molar-refractivity contribution in [3.63, 3.8) is 0 Å². The third kappa shape index (κ3) is 4.76. The van der Waals surface area contributed by atoms with Crippen molar-refractivity contribution in [1.29, 1.82) is 0 Å². The zero-order valence-corrected chi connectivity index (χ0v) is 13.7. The van der Waals surface area contributed by atoms with Gasteiger partial charge in [0.2, 0.25) is 0 Å². The maximum Gasteiger partial charge on any atom is 0.161 e. The number of hydrogen-bond donors (Lipinski definition) is 1. The molecule has 1 aromatic carbocycles. The van der Waals surface area contributed by atoms with Gasteiger partial charge < -0.3 is 14.8 Å². The van der Waals surface area contributed by atoms with Crippen LogP contribution >= 0.6 is 11.3 Å². The standard InChI is InChI=1S/C17H23NO2S/c1-4-20-17-10-14(5-6-16(17)19-3)11-18-13(2)9-15-7-8-21-12-15/h5-8,10,12-13,18H,4,9,11H2,1-3H3. The molecule has 0 spiro atoms. The lowest BCUT2D eigenvalue weighted by Gasteiger charge is -2.15. The van der Waals surface area contributed by atoms with Gasteiger partial charge in [-0.3, -0.25) is 0 Å². The van der Waals surface area contributed by atoms with Gasteiger partial charge in [0.1, 0.15) is 0 Å².